The number of aromatic nitrogens is 1. The Morgan fingerprint density at radius 1 is 0.974 bits per heavy atom. The minimum atomic E-state index is -0.567. The summed E-state index contributed by atoms with van der Waals surface area (Å²) in [7, 11) is 1.58. The largest absolute Gasteiger partial charge is 0.497 e. The maximum atomic E-state index is 13.6. The Morgan fingerprint density at radius 2 is 1.67 bits per heavy atom. The number of piperidine rings is 1. The van der Waals surface area contributed by atoms with Gasteiger partial charge in [0.25, 0.3) is 0 Å². The van der Waals surface area contributed by atoms with Crippen molar-refractivity contribution >= 4 is 35.1 Å². The van der Waals surface area contributed by atoms with Crippen LogP contribution in [0, 0.1) is 5.92 Å². The highest BCUT2D eigenvalue weighted by Gasteiger charge is 2.40. The number of anilines is 2. The van der Waals surface area contributed by atoms with E-state index in [4.69, 9.17) is 26.8 Å². The Balaban J connectivity index is 1.24. The van der Waals surface area contributed by atoms with Crippen LogP contribution in [0.5, 0.6) is 11.5 Å². The van der Waals surface area contributed by atoms with Crippen LogP contribution in [0.3, 0.4) is 0 Å². The number of ether oxygens (including phenoxy) is 2. The predicted octanol–water partition coefficient (Wildman–Crippen LogP) is 4.33. The molecule has 0 saturated carbocycles. The lowest BCUT2D eigenvalue weighted by atomic mass is 9.94. The summed E-state index contributed by atoms with van der Waals surface area (Å²) < 4.78 is 10.7. The van der Waals surface area contributed by atoms with Crippen LogP contribution < -0.4 is 25.4 Å². The first-order chi connectivity index (χ1) is 18.9. The molecule has 3 heterocycles. The molecule has 10 heteroatoms. The molecule has 2 atom stereocenters. The third-order valence-corrected chi connectivity index (χ3v) is 7.69. The molecule has 204 valence electrons. The highest BCUT2D eigenvalue weighted by molar-refractivity contribution is 6.30. The van der Waals surface area contributed by atoms with E-state index in [0.29, 0.717) is 35.3 Å². The highest BCUT2D eigenvalue weighted by atomic mass is 35.5. The Kier molecular flexibility index (Phi) is 8.07. The Labute approximate surface area is 232 Å². The standard InChI is InChI=1S/C29H32ClN5O4/c1-38-23-7-9-24(10-8-23)39-29(37)33-26-18-35(17-25(26)19-2-4-21(30)5-3-19)28(36)20-12-14-34(15-13-20)27-11-6-22(31)16-32-27/h2-11,16,20,25-26H,12-15,17-18,31H2,1H3,(H,33,37)/t25-,26+/m0/s1. The monoisotopic (exact) mass is 549 g/mol. The molecule has 3 N–H and O–H groups in total. The maximum Gasteiger partial charge on any atom is 0.412 e. The smallest absolute Gasteiger partial charge is 0.412 e. The number of methoxy groups -OCH3 is 1. The fraction of sp³-hybridized carbons (Fsp3) is 0.345. The third kappa shape index (κ3) is 6.37. The molecule has 0 aliphatic carbocycles. The summed E-state index contributed by atoms with van der Waals surface area (Å²) in [5, 5.41) is 3.63. The molecular formula is C29H32ClN5O4. The van der Waals surface area contributed by atoms with Gasteiger partial charge >= 0.3 is 6.09 Å². The van der Waals surface area contributed by atoms with Crippen LogP contribution >= 0.6 is 11.6 Å². The topological polar surface area (TPSA) is 110 Å². The van der Waals surface area contributed by atoms with E-state index in [1.165, 1.54) is 0 Å². The van der Waals surface area contributed by atoms with Gasteiger partial charge in [0.15, 0.2) is 0 Å². The minimum absolute atomic E-state index is 0.0779. The molecule has 1 aromatic heterocycles. The second-order valence-corrected chi connectivity index (χ2v) is 10.4. The number of nitrogens with zero attached hydrogens (tertiary/aromatic N) is 3. The van der Waals surface area contributed by atoms with Gasteiger partial charge in [-0.1, -0.05) is 23.7 Å². The van der Waals surface area contributed by atoms with Gasteiger partial charge in [-0.3, -0.25) is 4.79 Å². The third-order valence-electron chi connectivity index (χ3n) is 7.44. The molecule has 2 saturated heterocycles. The first-order valence-electron chi connectivity index (χ1n) is 13.0. The molecule has 0 spiro atoms. The van der Waals surface area contributed by atoms with Gasteiger partial charge in [-0.25, -0.2) is 9.78 Å². The van der Waals surface area contributed by atoms with Crippen LogP contribution in [-0.2, 0) is 4.79 Å². The van der Waals surface area contributed by atoms with Crippen LogP contribution in [0.2, 0.25) is 5.02 Å². The zero-order valence-corrected chi connectivity index (χ0v) is 22.5. The fourth-order valence-corrected chi connectivity index (χ4v) is 5.43. The molecule has 2 aromatic carbocycles. The van der Waals surface area contributed by atoms with Gasteiger partial charge in [-0.05, 0) is 66.9 Å². The number of rotatable bonds is 6. The average molecular weight is 550 g/mol. The zero-order chi connectivity index (χ0) is 27.4. The molecule has 39 heavy (non-hydrogen) atoms. The molecule has 3 aromatic rings. The van der Waals surface area contributed by atoms with E-state index in [0.717, 1.165) is 37.3 Å². The van der Waals surface area contributed by atoms with Crippen molar-refractivity contribution in [1.82, 2.24) is 15.2 Å². The quantitative estimate of drug-likeness (QED) is 0.471. The number of hydrogen-bond donors (Lipinski definition) is 2. The molecule has 2 aliphatic heterocycles. The number of halogens is 1. The number of likely N-dealkylation sites (tertiary alicyclic amines) is 1. The van der Waals surface area contributed by atoms with Crippen molar-refractivity contribution < 1.29 is 19.1 Å². The number of nitrogen functional groups attached to an aromatic ring is 1. The average Bonchev–Trinajstić information content (AvgIpc) is 3.37. The van der Waals surface area contributed by atoms with Crippen LogP contribution in [0.4, 0.5) is 16.3 Å². The van der Waals surface area contributed by atoms with Gasteiger partial charge < -0.3 is 30.3 Å². The van der Waals surface area contributed by atoms with Crippen molar-refractivity contribution in [2.45, 2.75) is 24.8 Å². The SMILES string of the molecule is COc1ccc(OC(=O)N[C@@H]2CN(C(=O)C3CCN(c4ccc(N)cn4)CC3)C[C@H]2c2ccc(Cl)cc2)cc1. The first-order valence-corrected chi connectivity index (χ1v) is 13.4. The summed E-state index contributed by atoms with van der Waals surface area (Å²) in [6.45, 7) is 2.41. The Bertz CT molecular complexity index is 1280. The van der Waals surface area contributed by atoms with E-state index in [1.54, 1.807) is 37.6 Å². The minimum Gasteiger partial charge on any atom is -0.497 e. The zero-order valence-electron chi connectivity index (χ0n) is 21.8. The van der Waals surface area contributed by atoms with E-state index in [9.17, 15) is 9.59 Å². The lowest BCUT2D eigenvalue weighted by Gasteiger charge is -2.34. The van der Waals surface area contributed by atoms with Gasteiger partial charge in [0.05, 0.1) is 25.0 Å². The second kappa shape index (κ2) is 11.8. The van der Waals surface area contributed by atoms with E-state index in [1.807, 2.05) is 41.3 Å². The van der Waals surface area contributed by atoms with Gasteiger partial charge in [-0.15, -0.1) is 0 Å². The number of carbonyl (C=O) groups excluding carboxylic acids is 2. The molecule has 5 rings (SSSR count). The second-order valence-electron chi connectivity index (χ2n) is 9.93. The van der Waals surface area contributed by atoms with E-state index < -0.39 is 6.09 Å². The number of carbonyl (C=O) groups is 2. The van der Waals surface area contributed by atoms with Crippen LogP contribution in [0.25, 0.3) is 0 Å². The Morgan fingerprint density at radius 3 is 2.31 bits per heavy atom. The maximum absolute atomic E-state index is 13.6. The van der Waals surface area contributed by atoms with Crippen LogP contribution in [0.1, 0.15) is 24.3 Å². The lowest BCUT2D eigenvalue weighted by molar-refractivity contribution is -0.135. The number of amides is 2. The van der Waals surface area contributed by atoms with Gasteiger partial charge in [-0.2, -0.15) is 0 Å². The first kappa shape index (κ1) is 26.6. The number of nitrogens with two attached hydrogens (primary N) is 1. The van der Waals surface area contributed by atoms with Crippen LogP contribution in [0.15, 0.2) is 66.9 Å². The molecule has 0 unspecified atom stereocenters. The van der Waals surface area contributed by atoms with Crippen molar-refractivity contribution in [3.8, 4) is 11.5 Å². The molecule has 2 fully saturated rings. The molecule has 2 amide bonds. The lowest BCUT2D eigenvalue weighted by Crippen LogP contribution is -2.44. The molecule has 2 aliphatic rings. The van der Waals surface area contributed by atoms with Gasteiger partial charge in [0, 0.05) is 43.0 Å². The summed E-state index contributed by atoms with van der Waals surface area (Å²) in [6, 6.07) is 17.8. The van der Waals surface area contributed by atoms with Crippen molar-refractivity contribution in [3.63, 3.8) is 0 Å². The summed E-state index contributed by atoms with van der Waals surface area (Å²) in [5.41, 5.74) is 7.40. The van der Waals surface area contributed by atoms with Gasteiger partial charge in [0.2, 0.25) is 5.91 Å². The number of nitrogens with one attached hydrogen (secondary N) is 1. The fourth-order valence-electron chi connectivity index (χ4n) is 5.31. The molecule has 0 radical (unpaired) electrons. The number of benzene rings is 2. The summed E-state index contributed by atoms with van der Waals surface area (Å²) >= 11 is 6.12. The number of hydrogen-bond acceptors (Lipinski definition) is 7. The number of pyridine rings is 1. The molecular weight excluding hydrogens is 518 g/mol. The van der Waals surface area contributed by atoms with E-state index in [-0.39, 0.29) is 23.8 Å². The van der Waals surface area contributed by atoms with E-state index >= 15 is 0 Å². The van der Waals surface area contributed by atoms with Crippen molar-refractivity contribution in [2.24, 2.45) is 5.92 Å². The molecule has 9 nitrogen and oxygen atoms in total. The normalized spacial score (nSPS) is 19.5. The van der Waals surface area contributed by atoms with Crippen molar-refractivity contribution in [2.75, 3.05) is 43.9 Å². The van der Waals surface area contributed by atoms with Crippen molar-refractivity contribution in [3.05, 3.63) is 77.4 Å². The van der Waals surface area contributed by atoms with E-state index in [2.05, 4.69) is 15.2 Å². The van der Waals surface area contributed by atoms with Crippen LogP contribution in [-0.4, -0.2) is 61.2 Å². The predicted molar refractivity (Wildman–Crippen MR) is 150 cm³/mol. The highest BCUT2D eigenvalue weighted by Crippen LogP contribution is 2.32. The summed E-state index contributed by atoms with van der Waals surface area (Å²) in [6.07, 6.45) is 2.57. The van der Waals surface area contributed by atoms with Crippen molar-refractivity contribution in [1.29, 1.82) is 0 Å². The molecule has 0 bridgehead atoms. The summed E-state index contributed by atoms with van der Waals surface area (Å²) in [4.78, 5) is 34.9. The van der Waals surface area contributed by atoms with Gasteiger partial charge in [0.1, 0.15) is 17.3 Å². The Hall–Kier alpha value is -3.98. The summed E-state index contributed by atoms with van der Waals surface area (Å²) in [5.74, 6) is 1.90.